The second-order valence-electron chi connectivity index (χ2n) is 6.08. The summed E-state index contributed by atoms with van der Waals surface area (Å²) in [5.41, 5.74) is -0.505. The molecule has 1 rings (SSSR count). The highest BCUT2D eigenvalue weighted by molar-refractivity contribution is 5.76. The molecule has 0 heterocycles. The van der Waals surface area contributed by atoms with Gasteiger partial charge in [0.25, 0.3) is 0 Å². The molecule has 1 saturated carbocycles. The van der Waals surface area contributed by atoms with Crippen molar-refractivity contribution < 1.29 is 9.53 Å². The zero-order valence-electron chi connectivity index (χ0n) is 12.0. The number of hydrogen-bond acceptors (Lipinski definition) is 2. The van der Waals surface area contributed by atoms with Crippen molar-refractivity contribution in [1.82, 2.24) is 0 Å². The van der Waals surface area contributed by atoms with Gasteiger partial charge in [0.15, 0.2) is 0 Å². The number of ether oxygens (including phenoxy) is 1. The van der Waals surface area contributed by atoms with Crippen LogP contribution in [-0.2, 0) is 9.53 Å². The number of rotatable bonds is 4. The van der Waals surface area contributed by atoms with E-state index in [0.717, 1.165) is 25.7 Å². The van der Waals surface area contributed by atoms with Crippen LogP contribution in [0.25, 0.3) is 0 Å². The predicted molar refractivity (Wildman–Crippen MR) is 70.9 cm³/mol. The van der Waals surface area contributed by atoms with Crippen LogP contribution in [0.2, 0.25) is 0 Å². The second kappa shape index (κ2) is 5.88. The smallest absolute Gasteiger partial charge is 0.312 e. The summed E-state index contributed by atoms with van der Waals surface area (Å²) in [4.78, 5) is 12.2. The molecule has 0 saturated heterocycles. The second-order valence-corrected chi connectivity index (χ2v) is 6.08. The highest BCUT2D eigenvalue weighted by atomic mass is 16.6. The predicted octanol–water partition coefficient (Wildman–Crippen LogP) is 4.47. The molecular formula is C15H28O2. The van der Waals surface area contributed by atoms with Gasteiger partial charge in [-0.3, -0.25) is 4.79 Å². The molecule has 0 spiro atoms. The maximum Gasteiger partial charge on any atom is 0.312 e. The summed E-state index contributed by atoms with van der Waals surface area (Å²) in [6.45, 7) is 8.16. The third-order valence-electron chi connectivity index (χ3n) is 4.40. The summed E-state index contributed by atoms with van der Waals surface area (Å²) in [6.07, 6.45) is 8.88. The highest BCUT2D eigenvalue weighted by Gasteiger charge is 2.37. The Bertz CT molecular complexity index is 248. The summed E-state index contributed by atoms with van der Waals surface area (Å²) in [7, 11) is 0. The minimum Gasteiger partial charge on any atom is -0.459 e. The van der Waals surface area contributed by atoms with Gasteiger partial charge in [0.05, 0.1) is 5.41 Å². The monoisotopic (exact) mass is 240 g/mol. The Morgan fingerprint density at radius 3 is 2.06 bits per heavy atom. The Balaban J connectivity index is 2.70. The molecule has 0 amide bonds. The first-order valence-corrected chi connectivity index (χ1v) is 7.19. The minimum atomic E-state index is -0.339. The minimum absolute atomic E-state index is 0.0104. The summed E-state index contributed by atoms with van der Waals surface area (Å²) in [6, 6.07) is 0. The van der Waals surface area contributed by atoms with E-state index in [1.165, 1.54) is 25.7 Å². The van der Waals surface area contributed by atoms with Crippen LogP contribution in [0.1, 0.15) is 79.1 Å². The van der Waals surface area contributed by atoms with Gasteiger partial charge in [-0.25, -0.2) is 0 Å². The number of hydrogen-bond donors (Lipinski definition) is 0. The zero-order chi connectivity index (χ0) is 12.9. The molecule has 0 atom stereocenters. The molecule has 0 aliphatic heterocycles. The quantitative estimate of drug-likeness (QED) is 0.535. The van der Waals surface area contributed by atoms with E-state index >= 15 is 0 Å². The molecule has 2 heteroatoms. The van der Waals surface area contributed by atoms with Crippen LogP contribution < -0.4 is 0 Å². The first-order valence-electron chi connectivity index (χ1n) is 7.19. The van der Waals surface area contributed by atoms with Gasteiger partial charge in [-0.05, 0) is 52.4 Å². The SMILES string of the molecule is CCC1(OC(=O)C(C)(C)CC)CCCCCC1. The first-order chi connectivity index (χ1) is 7.96. The molecule has 0 aromatic rings. The summed E-state index contributed by atoms with van der Waals surface area (Å²) >= 11 is 0. The zero-order valence-corrected chi connectivity index (χ0v) is 12.0. The standard InChI is InChI=1S/C15H28O2/c1-5-14(3,4)13(16)17-15(6-2)11-9-7-8-10-12-15/h5-12H2,1-4H3. The maximum absolute atomic E-state index is 12.2. The molecule has 17 heavy (non-hydrogen) atoms. The molecule has 1 fully saturated rings. The van der Waals surface area contributed by atoms with Crippen LogP contribution >= 0.6 is 0 Å². The molecule has 100 valence electrons. The fourth-order valence-corrected chi connectivity index (χ4v) is 2.38. The fraction of sp³-hybridized carbons (Fsp3) is 0.933. The maximum atomic E-state index is 12.2. The van der Waals surface area contributed by atoms with Crippen molar-refractivity contribution in [3.05, 3.63) is 0 Å². The average Bonchev–Trinajstić information content (AvgIpc) is 2.55. The topological polar surface area (TPSA) is 26.3 Å². The van der Waals surface area contributed by atoms with E-state index in [-0.39, 0.29) is 17.0 Å². The van der Waals surface area contributed by atoms with Gasteiger partial charge < -0.3 is 4.74 Å². The lowest BCUT2D eigenvalue weighted by Crippen LogP contribution is -2.39. The lowest BCUT2D eigenvalue weighted by Gasteiger charge is -2.35. The molecule has 0 aromatic heterocycles. The van der Waals surface area contributed by atoms with Gasteiger partial charge in [-0.2, -0.15) is 0 Å². The third-order valence-corrected chi connectivity index (χ3v) is 4.40. The van der Waals surface area contributed by atoms with Crippen LogP contribution in [0.15, 0.2) is 0 Å². The van der Waals surface area contributed by atoms with Crippen LogP contribution in [-0.4, -0.2) is 11.6 Å². The largest absolute Gasteiger partial charge is 0.459 e. The number of carbonyl (C=O) groups is 1. The van der Waals surface area contributed by atoms with E-state index in [0.29, 0.717) is 0 Å². The summed E-state index contributed by atoms with van der Waals surface area (Å²) in [5, 5.41) is 0. The molecule has 1 aliphatic rings. The van der Waals surface area contributed by atoms with Crippen molar-refractivity contribution in [1.29, 1.82) is 0 Å². The van der Waals surface area contributed by atoms with Gasteiger partial charge in [0, 0.05) is 0 Å². The molecule has 0 radical (unpaired) electrons. The highest BCUT2D eigenvalue weighted by Crippen LogP contribution is 2.36. The van der Waals surface area contributed by atoms with Gasteiger partial charge in [0.1, 0.15) is 5.60 Å². The Morgan fingerprint density at radius 2 is 1.65 bits per heavy atom. The van der Waals surface area contributed by atoms with Gasteiger partial charge >= 0.3 is 5.97 Å². The van der Waals surface area contributed by atoms with E-state index in [1.54, 1.807) is 0 Å². The molecule has 0 unspecified atom stereocenters. The Labute approximate surface area is 106 Å². The normalized spacial score (nSPS) is 20.7. The van der Waals surface area contributed by atoms with Crippen molar-refractivity contribution in [3.63, 3.8) is 0 Å². The molecular weight excluding hydrogens is 212 g/mol. The molecule has 0 aromatic carbocycles. The van der Waals surface area contributed by atoms with Crippen LogP contribution in [0, 0.1) is 5.41 Å². The number of carbonyl (C=O) groups excluding carboxylic acids is 1. The van der Waals surface area contributed by atoms with Crippen LogP contribution in [0.4, 0.5) is 0 Å². The van der Waals surface area contributed by atoms with E-state index < -0.39 is 0 Å². The Kier molecular flexibility index (Phi) is 5.03. The fourth-order valence-electron chi connectivity index (χ4n) is 2.38. The van der Waals surface area contributed by atoms with E-state index in [9.17, 15) is 4.79 Å². The van der Waals surface area contributed by atoms with Crippen molar-refractivity contribution >= 4 is 5.97 Å². The van der Waals surface area contributed by atoms with E-state index in [2.05, 4.69) is 6.92 Å². The molecule has 0 bridgehead atoms. The van der Waals surface area contributed by atoms with Gasteiger partial charge in [-0.15, -0.1) is 0 Å². The molecule has 1 aliphatic carbocycles. The number of esters is 1. The Morgan fingerprint density at radius 1 is 1.12 bits per heavy atom. The van der Waals surface area contributed by atoms with Gasteiger partial charge in [0.2, 0.25) is 0 Å². The lowest BCUT2D eigenvalue weighted by atomic mass is 9.88. The van der Waals surface area contributed by atoms with Crippen molar-refractivity contribution in [2.24, 2.45) is 5.41 Å². The van der Waals surface area contributed by atoms with Crippen molar-refractivity contribution in [3.8, 4) is 0 Å². The van der Waals surface area contributed by atoms with Crippen molar-refractivity contribution in [2.45, 2.75) is 84.7 Å². The molecule has 0 N–H and O–H groups in total. The third kappa shape index (κ3) is 3.72. The van der Waals surface area contributed by atoms with Crippen molar-refractivity contribution in [2.75, 3.05) is 0 Å². The molecule has 2 nitrogen and oxygen atoms in total. The first kappa shape index (κ1) is 14.5. The van der Waals surface area contributed by atoms with Gasteiger partial charge in [-0.1, -0.05) is 26.7 Å². The summed E-state index contributed by atoms with van der Waals surface area (Å²) < 4.78 is 5.92. The van der Waals surface area contributed by atoms with E-state index in [1.807, 2.05) is 20.8 Å². The van der Waals surface area contributed by atoms with Crippen LogP contribution in [0.5, 0.6) is 0 Å². The van der Waals surface area contributed by atoms with E-state index in [4.69, 9.17) is 4.74 Å². The lowest BCUT2D eigenvalue weighted by molar-refractivity contribution is -0.173. The van der Waals surface area contributed by atoms with Crippen LogP contribution in [0.3, 0.4) is 0 Å². The summed E-state index contributed by atoms with van der Waals surface area (Å²) in [5.74, 6) is -0.0104. The Hall–Kier alpha value is -0.530. The average molecular weight is 240 g/mol.